The van der Waals surface area contributed by atoms with Crippen LogP contribution >= 0.6 is 0 Å². The summed E-state index contributed by atoms with van der Waals surface area (Å²) in [6.07, 6.45) is 1.66. The summed E-state index contributed by atoms with van der Waals surface area (Å²) >= 11 is 0. The van der Waals surface area contributed by atoms with E-state index < -0.39 is 0 Å². The summed E-state index contributed by atoms with van der Waals surface area (Å²) in [4.78, 5) is 0. The van der Waals surface area contributed by atoms with Crippen molar-refractivity contribution in [3.05, 3.63) is 35.4 Å². The van der Waals surface area contributed by atoms with E-state index in [1.807, 2.05) is 6.07 Å². The van der Waals surface area contributed by atoms with Crippen molar-refractivity contribution < 1.29 is 19.7 Å². The standard InChI is InChI=1S/C16H16O4/c1-19-14-6-9-3-4-10-5-11(17)7-15(20-2)16(10)12(9)8-13(14)18/h5-8,17-18H,3-4H2,1-2H3. The Labute approximate surface area is 117 Å². The maximum atomic E-state index is 10.00. The Morgan fingerprint density at radius 2 is 1.55 bits per heavy atom. The van der Waals surface area contributed by atoms with Gasteiger partial charge in [-0.05, 0) is 47.7 Å². The fourth-order valence-corrected chi connectivity index (χ4v) is 2.80. The van der Waals surface area contributed by atoms with E-state index in [9.17, 15) is 10.2 Å². The third-order valence-electron chi connectivity index (χ3n) is 3.73. The third kappa shape index (κ3) is 1.84. The first-order valence-electron chi connectivity index (χ1n) is 6.44. The Morgan fingerprint density at radius 3 is 2.25 bits per heavy atom. The minimum atomic E-state index is 0.106. The molecule has 0 heterocycles. The highest BCUT2D eigenvalue weighted by Crippen LogP contribution is 2.45. The van der Waals surface area contributed by atoms with Gasteiger partial charge in [0.05, 0.1) is 14.2 Å². The third-order valence-corrected chi connectivity index (χ3v) is 3.73. The summed E-state index contributed by atoms with van der Waals surface area (Å²) in [7, 11) is 3.11. The molecule has 0 saturated carbocycles. The number of methoxy groups -OCH3 is 2. The molecule has 0 unspecified atom stereocenters. The number of hydrogen-bond acceptors (Lipinski definition) is 4. The summed E-state index contributed by atoms with van der Waals surface area (Å²) in [5, 5.41) is 19.7. The predicted octanol–water partition coefficient (Wildman–Crippen LogP) is 2.88. The average molecular weight is 272 g/mol. The van der Waals surface area contributed by atoms with Crippen LogP contribution in [0.1, 0.15) is 11.1 Å². The second-order valence-corrected chi connectivity index (χ2v) is 4.86. The van der Waals surface area contributed by atoms with Gasteiger partial charge in [0.15, 0.2) is 11.5 Å². The van der Waals surface area contributed by atoms with E-state index in [-0.39, 0.29) is 11.5 Å². The second kappa shape index (κ2) is 4.63. The lowest BCUT2D eigenvalue weighted by molar-refractivity contribution is 0.373. The van der Waals surface area contributed by atoms with Crippen LogP contribution in [-0.4, -0.2) is 24.4 Å². The molecule has 20 heavy (non-hydrogen) atoms. The number of aryl methyl sites for hydroxylation is 2. The van der Waals surface area contributed by atoms with E-state index in [1.165, 1.54) is 7.11 Å². The first kappa shape index (κ1) is 12.7. The largest absolute Gasteiger partial charge is 0.508 e. The van der Waals surface area contributed by atoms with Gasteiger partial charge in [-0.15, -0.1) is 0 Å². The molecule has 4 heteroatoms. The molecule has 0 amide bonds. The van der Waals surface area contributed by atoms with Gasteiger partial charge in [-0.25, -0.2) is 0 Å². The average Bonchev–Trinajstić information content (AvgIpc) is 2.45. The summed E-state index contributed by atoms with van der Waals surface area (Å²) < 4.78 is 10.5. The lowest BCUT2D eigenvalue weighted by Gasteiger charge is -2.23. The monoisotopic (exact) mass is 272 g/mol. The molecule has 0 bridgehead atoms. The number of hydrogen-bond donors (Lipinski definition) is 2. The molecule has 0 aliphatic heterocycles. The van der Waals surface area contributed by atoms with E-state index in [1.54, 1.807) is 25.3 Å². The highest BCUT2D eigenvalue weighted by Gasteiger charge is 2.23. The van der Waals surface area contributed by atoms with Crippen LogP contribution in [0.15, 0.2) is 24.3 Å². The van der Waals surface area contributed by atoms with Crippen LogP contribution in [0.25, 0.3) is 11.1 Å². The highest BCUT2D eigenvalue weighted by atomic mass is 16.5. The molecule has 1 aliphatic carbocycles. The molecule has 0 fully saturated rings. The van der Waals surface area contributed by atoms with Gasteiger partial charge in [0.1, 0.15) is 11.5 Å². The zero-order chi connectivity index (χ0) is 14.3. The van der Waals surface area contributed by atoms with Gasteiger partial charge in [0, 0.05) is 11.6 Å². The first-order chi connectivity index (χ1) is 9.63. The highest BCUT2D eigenvalue weighted by molar-refractivity contribution is 5.81. The van der Waals surface area contributed by atoms with Crippen LogP contribution in [0, 0.1) is 0 Å². The Morgan fingerprint density at radius 1 is 0.850 bits per heavy atom. The smallest absolute Gasteiger partial charge is 0.160 e. The van der Waals surface area contributed by atoms with Crippen molar-refractivity contribution in [2.75, 3.05) is 14.2 Å². The van der Waals surface area contributed by atoms with Crippen molar-refractivity contribution in [3.8, 4) is 34.1 Å². The van der Waals surface area contributed by atoms with Crippen molar-refractivity contribution in [1.29, 1.82) is 0 Å². The number of rotatable bonds is 2. The molecule has 0 spiro atoms. The number of benzene rings is 2. The molecule has 2 aromatic rings. The lowest BCUT2D eigenvalue weighted by Crippen LogP contribution is -2.06. The zero-order valence-corrected chi connectivity index (χ0v) is 11.4. The van der Waals surface area contributed by atoms with Gasteiger partial charge in [0.2, 0.25) is 0 Å². The number of fused-ring (bicyclic) bond motifs is 3. The van der Waals surface area contributed by atoms with Gasteiger partial charge in [0.25, 0.3) is 0 Å². The molecule has 2 aromatic carbocycles. The quantitative estimate of drug-likeness (QED) is 0.882. The predicted molar refractivity (Wildman–Crippen MR) is 75.7 cm³/mol. The molecule has 0 saturated heterocycles. The molecule has 0 atom stereocenters. The van der Waals surface area contributed by atoms with Crippen molar-refractivity contribution in [2.24, 2.45) is 0 Å². The lowest BCUT2D eigenvalue weighted by atomic mass is 9.84. The van der Waals surface area contributed by atoms with E-state index in [4.69, 9.17) is 9.47 Å². The Hall–Kier alpha value is -2.36. The number of aromatic hydroxyl groups is 2. The van der Waals surface area contributed by atoms with Crippen molar-refractivity contribution in [1.82, 2.24) is 0 Å². The van der Waals surface area contributed by atoms with Crippen LogP contribution in [0.4, 0.5) is 0 Å². The topological polar surface area (TPSA) is 58.9 Å². The summed E-state index contributed by atoms with van der Waals surface area (Å²) in [6, 6.07) is 6.91. The minimum absolute atomic E-state index is 0.106. The van der Waals surface area contributed by atoms with Crippen molar-refractivity contribution >= 4 is 0 Å². The van der Waals surface area contributed by atoms with Crippen molar-refractivity contribution in [2.45, 2.75) is 12.8 Å². The molecule has 4 nitrogen and oxygen atoms in total. The maximum absolute atomic E-state index is 10.00. The molecule has 2 N–H and O–H groups in total. The van der Waals surface area contributed by atoms with E-state index in [0.717, 1.165) is 35.1 Å². The van der Waals surface area contributed by atoms with E-state index in [0.29, 0.717) is 11.5 Å². The molecule has 3 rings (SSSR count). The van der Waals surface area contributed by atoms with Gasteiger partial charge in [-0.2, -0.15) is 0 Å². The fraction of sp³-hybridized carbons (Fsp3) is 0.250. The molecular formula is C16H16O4. The van der Waals surface area contributed by atoms with Gasteiger partial charge < -0.3 is 19.7 Å². The Kier molecular flexibility index (Phi) is 2.93. The number of ether oxygens (including phenoxy) is 2. The van der Waals surface area contributed by atoms with Gasteiger partial charge in [-0.3, -0.25) is 0 Å². The SMILES string of the molecule is COc1cc2c(cc1O)-c1c(cc(O)cc1OC)CC2. The number of phenols is 2. The van der Waals surface area contributed by atoms with E-state index in [2.05, 4.69) is 0 Å². The molecule has 104 valence electrons. The molecule has 0 aromatic heterocycles. The Bertz CT molecular complexity index is 659. The van der Waals surface area contributed by atoms with Crippen LogP contribution in [0.2, 0.25) is 0 Å². The first-order valence-corrected chi connectivity index (χ1v) is 6.44. The van der Waals surface area contributed by atoms with Crippen LogP contribution < -0.4 is 9.47 Å². The zero-order valence-electron chi connectivity index (χ0n) is 11.4. The van der Waals surface area contributed by atoms with Crippen LogP contribution in [-0.2, 0) is 12.8 Å². The minimum Gasteiger partial charge on any atom is -0.508 e. The van der Waals surface area contributed by atoms with Crippen LogP contribution in [0.5, 0.6) is 23.0 Å². The summed E-state index contributed by atoms with van der Waals surface area (Å²) in [5.74, 6) is 1.39. The molecule has 0 radical (unpaired) electrons. The maximum Gasteiger partial charge on any atom is 0.160 e. The normalized spacial score (nSPS) is 12.5. The second-order valence-electron chi connectivity index (χ2n) is 4.86. The van der Waals surface area contributed by atoms with Crippen LogP contribution in [0.3, 0.4) is 0 Å². The summed E-state index contributed by atoms with van der Waals surface area (Å²) in [6.45, 7) is 0. The fourth-order valence-electron chi connectivity index (χ4n) is 2.80. The Balaban J connectivity index is 2.27. The summed E-state index contributed by atoms with van der Waals surface area (Å²) in [5.41, 5.74) is 4.00. The van der Waals surface area contributed by atoms with Gasteiger partial charge >= 0.3 is 0 Å². The van der Waals surface area contributed by atoms with Gasteiger partial charge in [-0.1, -0.05) is 0 Å². The molecular weight excluding hydrogens is 256 g/mol. The molecule has 1 aliphatic rings. The number of phenolic OH excluding ortho intramolecular Hbond substituents is 2. The van der Waals surface area contributed by atoms with E-state index >= 15 is 0 Å². The van der Waals surface area contributed by atoms with Crippen molar-refractivity contribution in [3.63, 3.8) is 0 Å².